The van der Waals surface area contributed by atoms with Gasteiger partial charge >= 0.3 is 0 Å². The Hall–Kier alpha value is -3.71. The first-order valence-corrected chi connectivity index (χ1v) is 10.6. The van der Waals surface area contributed by atoms with Crippen LogP contribution in [0.1, 0.15) is 0 Å². The molecule has 0 unspecified atom stereocenters. The topological polar surface area (TPSA) is 82.4 Å². The molecule has 0 aliphatic heterocycles. The number of fused-ring (bicyclic) bond motifs is 2. The molecule has 5 rings (SSSR count). The molecule has 0 aliphatic carbocycles. The van der Waals surface area contributed by atoms with Gasteiger partial charge in [0, 0.05) is 39.1 Å². The number of rotatable bonds is 5. The Balaban J connectivity index is 1.73. The Kier molecular flexibility index (Phi) is 4.67. The largest absolute Gasteiger partial charge is 0.493 e. The molecule has 3 aromatic heterocycles. The Morgan fingerprint density at radius 1 is 0.903 bits per heavy atom. The summed E-state index contributed by atoms with van der Waals surface area (Å²) < 4.78 is 17.6. The highest BCUT2D eigenvalue weighted by atomic mass is 32.1. The Labute approximate surface area is 183 Å². The van der Waals surface area contributed by atoms with Gasteiger partial charge in [-0.3, -0.25) is 0 Å². The van der Waals surface area contributed by atoms with Crippen molar-refractivity contribution in [1.82, 2.24) is 9.97 Å². The van der Waals surface area contributed by atoms with Crippen molar-refractivity contribution >= 4 is 38.1 Å². The number of nitrogens with one attached hydrogen (secondary N) is 1. The zero-order valence-corrected chi connectivity index (χ0v) is 18.2. The average molecular weight is 432 g/mol. The van der Waals surface area contributed by atoms with E-state index in [4.69, 9.17) is 19.9 Å². The van der Waals surface area contributed by atoms with Crippen LogP contribution in [-0.2, 0) is 0 Å². The molecule has 0 amide bonds. The fourth-order valence-corrected chi connectivity index (χ4v) is 5.06. The van der Waals surface area contributed by atoms with Crippen molar-refractivity contribution < 1.29 is 14.2 Å². The Bertz CT molecular complexity index is 1400. The highest BCUT2D eigenvalue weighted by Crippen LogP contribution is 2.46. The van der Waals surface area contributed by atoms with Crippen molar-refractivity contribution in [3.05, 3.63) is 54.2 Å². The molecule has 0 bridgehead atoms. The predicted octanol–water partition coefficient (Wildman–Crippen LogP) is 5.72. The van der Waals surface area contributed by atoms with E-state index in [1.54, 1.807) is 38.9 Å². The summed E-state index contributed by atoms with van der Waals surface area (Å²) in [7, 11) is 4.81. The minimum Gasteiger partial charge on any atom is -0.493 e. The van der Waals surface area contributed by atoms with Crippen LogP contribution < -0.4 is 19.9 Å². The fraction of sp³-hybridized carbons (Fsp3) is 0.125. The minimum atomic E-state index is 0.511. The van der Waals surface area contributed by atoms with Crippen LogP contribution in [0.4, 0.5) is 5.82 Å². The van der Waals surface area contributed by atoms with Gasteiger partial charge in [0.1, 0.15) is 5.82 Å². The average Bonchev–Trinajstić information content (AvgIpc) is 3.45. The van der Waals surface area contributed by atoms with Crippen molar-refractivity contribution in [3.8, 4) is 39.5 Å². The number of benzene rings is 2. The number of nitrogens with two attached hydrogens (primary N) is 1. The maximum absolute atomic E-state index is 6.36. The smallest absolute Gasteiger partial charge is 0.203 e. The molecule has 2 aromatic carbocycles. The van der Waals surface area contributed by atoms with E-state index in [9.17, 15) is 0 Å². The maximum Gasteiger partial charge on any atom is 0.203 e. The van der Waals surface area contributed by atoms with Gasteiger partial charge in [0.2, 0.25) is 5.75 Å². The molecule has 7 heteroatoms. The third kappa shape index (κ3) is 3.05. The Morgan fingerprint density at radius 2 is 1.68 bits per heavy atom. The summed E-state index contributed by atoms with van der Waals surface area (Å²) in [6, 6.07) is 12.3. The molecule has 0 atom stereocenters. The normalized spacial score (nSPS) is 11.2. The van der Waals surface area contributed by atoms with E-state index in [0.717, 1.165) is 43.2 Å². The second kappa shape index (κ2) is 7.52. The highest BCUT2D eigenvalue weighted by Gasteiger charge is 2.19. The van der Waals surface area contributed by atoms with Crippen LogP contribution in [0.3, 0.4) is 0 Å². The number of anilines is 1. The number of nitrogens with zero attached hydrogens (tertiary/aromatic N) is 1. The van der Waals surface area contributed by atoms with Crippen LogP contribution in [0.25, 0.3) is 43.2 Å². The number of methoxy groups -OCH3 is 3. The van der Waals surface area contributed by atoms with E-state index >= 15 is 0 Å². The van der Waals surface area contributed by atoms with Crippen LogP contribution >= 0.6 is 11.3 Å². The van der Waals surface area contributed by atoms with Crippen molar-refractivity contribution in [2.24, 2.45) is 0 Å². The monoisotopic (exact) mass is 431 g/mol. The van der Waals surface area contributed by atoms with Crippen molar-refractivity contribution in [2.45, 2.75) is 0 Å². The highest BCUT2D eigenvalue weighted by molar-refractivity contribution is 7.18. The molecule has 0 saturated carbocycles. The number of aromatic nitrogens is 2. The first-order valence-electron chi connectivity index (χ1n) is 9.68. The molecular weight excluding hydrogens is 410 g/mol. The van der Waals surface area contributed by atoms with E-state index in [1.807, 2.05) is 18.3 Å². The number of pyridine rings is 1. The number of ether oxygens (including phenoxy) is 3. The quantitative estimate of drug-likeness (QED) is 0.372. The van der Waals surface area contributed by atoms with E-state index in [2.05, 4.69) is 39.6 Å². The summed E-state index contributed by atoms with van der Waals surface area (Å²) in [6.45, 7) is 0. The summed E-state index contributed by atoms with van der Waals surface area (Å²) in [5, 5.41) is 4.24. The lowest BCUT2D eigenvalue weighted by atomic mass is 10.00. The van der Waals surface area contributed by atoms with Crippen molar-refractivity contribution in [3.63, 3.8) is 0 Å². The lowest BCUT2D eigenvalue weighted by Crippen LogP contribution is -1.97. The van der Waals surface area contributed by atoms with Gasteiger partial charge in [-0.05, 0) is 52.2 Å². The molecule has 31 heavy (non-hydrogen) atoms. The van der Waals surface area contributed by atoms with Crippen LogP contribution in [0.2, 0.25) is 0 Å². The SMILES string of the molecule is COc1cc(-c2cnc(N)c3c(-c4ccc5[nH]ccc5c4)csc23)cc(OC)c1OC. The molecule has 5 aromatic rings. The van der Waals surface area contributed by atoms with Crippen LogP contribution in [0.5, 0.6) is 17.2 Å². The van der Waals surface area contributed by atoms with Gasteiger partial charge in [0.25, 0.3) is 0 Å². The summed E-state index contributed by atoms with van der Waals surface area (Å²) in [4.78, 5) is 7.75. The lowest BCUT2D eigenvalue weighted by molar-refractivity contribution is 0.324. The molecule has 6 nitrogen and oxygen atoms in total. The number of hydrogen-bond donors (Lipinski definition) is 2. The number of thiophene rings is 1. The van der Waals surface area contributed by atoms with Gasteiger partial charge in [-0.25, -0.2) is 4.98 Å². The van der Waals surface area contributed by atoms with Gasteiger partial charge in [0.15, 0.2) is 11.5 Å². The molecule has 0 spiro atoms. The van der Waals surface area contributed by atoms with Gasteiger partial charge < -0.3 is 24.9 Å². The van der Waals surface area contributed by atoms with E-state index < -0.39 is 0 Å². The molecule has 3 N–H and O–H groups in total. The molecule has 0 radical (unpaired) electrons. The standard InChI is InChI=1S/C24H21N3O3S/c1-28-19-9-15(10-20(29-2)22(19)30-3)16-11-27-24(25)21-17(12-31-23(16)21)13-4-5-18-14(8-13)6-7-26-18/h4-12,26H,1-3H3,(H2,25,27). The molecule has 156 valence electrons. The maximum atomic E-state index is 6.36. The zero-order chi connectivity index (χ0) is 21.5. The molecule has 0 saturated heterocycles. The second-order valence-corrected chi connectivity index (χ2v) is 7.98. The summed E-state index contributed by atoms with van der Waals surface area (Å²) in [5.74, 6) is 2.25. The zero-order valence-electron chi connectivity index (χ0n) is 17.4. The summed E-state index contributed by atoms with van der Waals surface area (Å²) in [6.07, 6.45) is 3.74. The molecule has 3 heterocycles. The van der Waals surface area contributed by atoms with Crippen molar-refractivity contribution in [1.29, 1.82) is 0 Å². The van der Waals surface area contributed by atoms with Crippen molar-refractivity contribution in [2.75, 3.05) is 27.1 Å². The molecule has 0 fully saturated rings. The molecule has 0 aliphatic rings. The summed E-state index contributed by atoms with van der Waals surface area (Å²) >= 11 is 1.65. The van der Waals surface area contributed by atoms with Crippen LogP contribution in [-0.4, -0.2) is 31.3 Å². The van der Waals surface area contributed by atoms with E-state index in [-0.39, 0.29) is 0 Å². The number of H-pyrrole nitrogens is 1. The number of nitrogen functional groups attached to an aromatic ring is 1. The molecular formula is C24H21N3O3S. The van der Waals surface area contributed by atoms with Gasteiger partial charge in [-0.1, -0.05) is 6.07 Å². The van der Waals surface area contributed by atoms with Gasteiger partial charge in [-0.2, -0.15) is 0 Å². The second-order valence-electron chi connectivity index (χ2n) is 7.10. The first kappa shape index (κ1) is 19.3. The summed E-state index contributed by atoms with van der Waals surface area (Å²) in [5.41, 5.74) is 11.5. The third-order valence-electron chi connectivity index (χ3n) is 5.46. The van der Waals surface area contributed by atoms with Gasteiger partial charge in [-0.15, -0.1) is 11.3 Å². The minimum absolute atomic E-state index is 0.511. The number of aromatic amines is 1. The fourth-order valence-electron chi connectivity index (χ4n) is 3.94. The van der Waals surface area contributed by atoms with Crippen LogP contribution in [0.15, 0.2) is 54.2 Å². The lowest BCUT2D eigenvalue weighted by Gasteiger charge is -2.15. The Morgan fingerprint density at radius 3 is 2.39 bits per heavy atom. The van der Waals surface area contributed by atoms with E-state index in [0.29, 0.717) is 23.1 Å². The third-order valence-corrected chi connectivity index (χ3v) is 6.48. The van der Waals surface area contributed by atoms with Crippen LogP contribution in [0, 0.1) is 0 Å². The van der Waals surface area contributed by atoms with Gasteiger partial charge in [0.05, 0.1) is 21.3 Å². The van der Waals surface area contributed by atoms with E-state index in [1.165, 1.54) is 0 Å². The number of hydrogen-bond acceptors (Lipinski definition) is 6. The first-order chi connectivity index (χ1) is 15.1. The predicted molar refractivity (Wildman–Crippen MR) is 126 cm³/mol.